The van der Waals surface area contributed by atoms with Crippen molar-refractivity contribution in [2.45, 2.75) is 13.3 Å². The highest BCUT2D eigenvalue weighted by Crippen LogP contribution is 2.26. The molecular formula is C11H14O4. The molecule has 0 amide bonds. The Balaban J connectivity index is 2.66. The molecular weight excluding hydrogens is 196 g/mol. The van der Waals surface area contributed by atoms with Crippen molar-refractivity contribution in [3.8, 4) is 0 Å². The molecule has 15 heavy (non-hydrogen) atoms. The lowest BCUT2D eigenvalue weighted by Gasteiger charge is -2.21. The normalized spacial score (nSPS) is 24.4. The van der Waals surface area contributed by atoms with Crippen molar-refractivity contribution in [3.05, 3.63) is 24.3 Å². The molecule has 4 nitrogen and oxygen atoms in total. The van der Waals surface area contributed by atoms with Crippen LogP contribution in [0.25, 0.3) is 0 Å². The van der Waals surface area contributed by atoms with E-state index in [-0.39, 0.29) is 18.3 Å². The number of carboxylic acids is 2. The fourth-order valence-corrected chi connectivity index (χ4v) is 1.64. The van der Waals surface area contributed by atoms with Crippen LogP contribution in [0, 0.1) is 17.8 Å². The summed E-state index contributed by atoms with van der Waals surface area (Å²) in [7, 11) is 0. The minimum atomic E-state index is -1.31. The highest BCUT2D eigenvalue weighted by Gasteiger charge is 2.30. The minimum Gasteiger partial charge on any atom is -0.481 e. The molecule has 0 aliphatic heterocycles. The van der Waals surface area contributed by atoms with Gasteiger partial charge in [-0.1, -0.05) is 31.2 Å². The summed E-state index contributed by atoms with van der Waals surface area (Å²) >= 11 is 0. The molecule has 1 rings (SSSR count). The Morgan fingerprint density at radius 2 is 1.73 bits per heavy atom. The van der Waals surface area contributed by atoms with Gasteiger partial charge in [-0.3, -0.25) is 9.59 Å². The summed E-state index contributed by atoms with van der Waals surface area (Å²) in [6.07, 6.45) is 7.67. The summed E-state index contributed by atoms with van der Waals surface area (Å²) in [4.78, 5) is 21.4. The van der Waals surface area contributed by atoms with Crippen molar-refractivity contribution < 1.29 is 19.8 Å². The maximum absolute atomic E-state index is 10.7. The summed E-state index contributed by atoms with van der Waals surface area (Å²) in [5.74, 6) is -3.66. The molecule has 2 unspecified atom stereocenters. The third-order valence-corrected chi connectivity index (χ3v) is 2.66. The Morgan fingerprint density at radius 1 is 1.20 bits per heavy atom. The molecule has 2 atom stereocenters. The fourth-order valence-electron chi connectivity index (χ4n) is 1.64. The lowest BCUT2D eigenvalue weighted by molar-refractivity contribution is -0.155. The van der Waals surface area contributed by atoms with Crippen LogP contribution in [-0.2, 0) is 9.59 Å². The van der Waals surface area contributed by atoms with E-state index in [0.29, 0.717) is 0 Å². The zero-order chi connectivity index (χ0) is 11.4. The highest BCUT2D eigenvalue weighted by atomic mass is 16.4. The van der Waals surface area contributed by atoms with E-state index in [1.54, 1.807) is 0 Å². The molecule has 2 N–H and O–H groups in total. The van der Waals surface area contributed by atoms with Gasteiger partial charge in [0.05, 0.1) is 0 Å². The summed E-state index contributed by atoms with van der Waals surface area (Å²) in [5.41, 5.74) is 0. The van der Waals surface area contributed by atoms with Gasteiger partial charge in [0.1, 0.15) is 0 Å². The maximum atomic E-state index is 10.7. The van der Waals surface area contributed by atoms with Crippen LogP contribution in [0.4, 0.5) is 0 Å². The lowest BCUT2D eigenvalue weighted by Crippen LogP contribution is -2.27. The molecule has 1 aliphatic rings. The van der Waals surface area contributed by atoms with Gasteiger partial charge in [0.2, 0.25) is 0 Å². The second kappa shape index (κ2) is 4.77. The summed E-state index contributed by atoms with van der Waals surface area (Å²) in [6.45, 7) is 1.95. The topological polar surface area (TPSA) is 74.6 Å². The predicted molar refractivity (Wildman–Crippen MR) is 54.3 cm³/mol. The summed E-state index contributed by atoms with van der Waals surface area (Å²) in [6, 6.07) is 0. The van der Waals surface area contributed by atoms with E-state index in [2.05, 4.69) is 0 Å². The average Bonchev–Trinajstić information content (AvgIpc) is 2.15. The third-order valence-electron chi connectivity index (χ3n) is 2.66. The van der Waals surface area contributed by atoms with Gasteiger partial charge in [0, 0.05) is 0 Å². The molecule has 82 valence electrons. The van der Waals surface area contributed by atoms with Gasteiger partial charge in [0.15, 0.2) is 5.92 Å². The molecule has 1 aliphatic carbocycles. The smallest absolute Gasteiger partial charge is 0.317 e. The highest BCUT2D eigenvalue weighted by molar-refractivity contribution is 5.92. The lowest BCUT2D eigenvalue weighted by atomic mass is 9.83. The zero-order valence-corrected chi connectivity index (χ0v) is 8.46. The van der Waals surface area contributed by atoms with Crippen LogP contribution in [0.3, 0.4) is 0 Å². The Hall–Kier alpha value is -1.58. The van der Waals surface area contributed by atoms with Crippen LogP contribution in [0.1, 0.15) is 13.3 Å². The number of rotatable bonds is 4. The summed E-state index contributed by atoms with van der Waals surface area (Å²) < 4.78 is 0. The van der Waals surface area contributed by atoms with E-state index in [1.165, 1.54) is 0 Å². The first kappa shape index (κ1) is 11.5. The zero-order valence-electron chi connectivity index (χ0n) is 8.46. The van der Waals surface area contributed by atoms with Gasteiger partial charge in [0.25, 0.3) is 0 Å². The van der Waals surface area contributed by atoms with Crippen molar-refractivity contribution in [1.82, 2.24) is 0 Å². The molecule has 0 aromatic rings. The van der Waals surface area contributed by atoms with Gasteiger partial charge in [-0.15, -0.1) is 0 Å². The number of carboxylic acid groups (broad SMARTS) is 2. The van der Waals surface area contributed by atoms with E-state index < -0.39 is 17.9 Å². The molecule has 0 radical (unpaired) electrons. The summed E-state index contributed by atoms with van der Waals surface area (Å²) in [5, 5.41) is 17.5. The number of aliphatic carboxylic acids is 2. The minimum absolute atomic E-state index is 0.00722. The van der Waals surface area contributed by atoms with E-state index in [9.17, 15) is 9.59 Å². The maximum Gasteiger partial charge on any atom is 0.317 e. The van der Waals surface area contributed by atoms with Gasteiger partial charge < -0.3 is 10.2 Å². The van der Waals surface area contributed by atoms with Crippen LogP contribution < -0.4 is 0 Å². The van der Waals surface area contributed by atoms with Crippen molar-refractivity contribution in [3.63, 3.8) is 0 Å². The fraction of sp³-hybridized carbons (Fsp3) is 0.455. The van der Waals surface area contributed by atoms with Gasteiger partial charge >= 0.3 is 11.9 Å². The Kier molecular flexibility index (Phi) is 3.66. The van der Waals surface area contributed by atoms with Crippen LogP contribution >= 0.6 is 0 Å². The molecule has 0 spiro atoms. The number of hydrogen-bond acceptors (Lipinski definition) is 2. The van der Waals surface area contributed by atoms with Crippen LogP contribution in [0.5, 0.6) is 0 Å². The van der Waals surface area contributed by atoms with Crippen LogP contribution in [-0.4, -0.2) is 22.2 Å². The molecule has 0 saturated carbocycles. The van der Waals surface area contributed by atoms with Crippen molar-refractivity contribution in [1.29, 1.82) is 0 Å². The van der Waals surface area contributed by atoms with Crippen molar-refractivity contribution in [2.75, 3.05) is 0 Å². The van der Waals surface area contributed by atoms with Crippen LogP contribution in [0.15, 0.2) is 24.3 Å². The molecule has 0 heterocycles. The first-order chi connectivity index (χ1) is 7.02. The number of carbonyl (C=O) groups is 2. The van der Waals surface area contributed by atoms with E-state index >= 15 is 0 Å². The van der Waals surface area contributed by atoms with Gasteiger partial charge in [-0.2, -0.15) is 0 Å². The van der Waals surface area contributed by atoms with Crippen molar-refractivity contribution in [2.24, 2.45) is 17.8 Å². The molecule has 0 bridgehead atoms. The van der Waals surface area contributed by atoms with E-state index in [1.807, 2.05) is 31.2 Å². The molecule has 0 aromatic carbocycles. The quantitative estimate of drug-likeness (QED) is 0.690. The SMILES string of the molecule is CC1C=CC=CC1CC(C(=O)O)C(=O)O. The van der Waals surface area contributed by atoms with Crippen molar-refractivity contribution >= 4 is 11.9 Å². The second-order valence-electron chi connectivity index (χ2n) is 3.76. The average molecular weight is 210 g/mol. The Labute approximate surface area is 87.9 Å². The standard InChI is InChI=1S/C11H14O4/c1-7-4-2-3-5-8(7)6-9(10(12)13)11(14)15/h2-5,7-9H,6H2,1H3,(H,12,13)(H,14,15). The first-order valence-electron chi connectivity index (χ1n) is 4.83. The largest absolute Gasteiger partial charge is 0.481 e. The van der Waals surface area contributed by atoms with Crippen LogP contribution in [0.2, 0.25) is 0 Å². The molecule has 0 fully saturated rings. The monoisotopic (exact) mass is 210 g/mol. The third kappa shape index (κ3) is 2.94. The molecule has 0 aromatic heterocycles. The Bertz CT molecular complexity index is 303. The van der Waals surface area contributed by atoms with E-state index in [4.69, 9.17) is 10.2 Å². The van der Waals surface area contributed by atoms with E-state index in [0.717, 1.165) is 0 Å². The first-order valence-corrected chi connectivity index (χ1v) is 4.83. The number of hydrogen-bond donors (Lipinski definition) is 2. The molecule has 4 heteroatoms. The second-order valence-corrected chi connectivity index (χ2v) is 3.76. The van der Waals surface area contributed by atoms with Gasteiger partial charge in [-0.05, 0) is 18.3 Å². The number of allylic oxidation sites excluding steroid dienone is 4. The predicted octanol–water partition coefficient (Wildman–Crippen LogP) is 1.54. The Morgan fingerprint density at radius 3 is 2.20 bits per heavy atom. The van der Waals surface area contributed by atoms with Gasteiger partial charge in [-0.25, -0.2) is 0 Å². The molecule has 0 saturated heterocycles.